The minimum Gasteiger partial charge on any atom is -0.412 e. The van der Waals surface area contributed by atoms with Crippen molar-refractivity contribution in [1.82, 2.24) is 4.90 Å². The van der Waals surface area contributed by atoms with Gasteiger partial charge < -0.3 is 20.2 Å². The summed E-state index contributed by atoms with van der Waals surface area (Å²) in [6.07, 6.45) is 19.8. The van der Waals surface area contributed by atoms with Crippen molar-refractivity contribution in [3.63, 3.8) is 0 Å². The highest BCUT2D eigenvalue weighted by atomic mass is 35.5. The van der Waals surface area contributed by atoms with Crippen LogP contribution in [0.5, 0.6) is 0 Å². The number of allylic oxidation sites excluding steroid dienone is 1. The molecule has 2 aromatic rings. The van der Waals surface area contributed by atoms with Crippen LogP contribution in [-0.4, -0.2) is 60.5 Å². The first-order valence-corrected chi connectivity index (χ1v) is 23.0. The minimum absolute atomic E-state index is 0. The van der Waals surface area contributed by atoms with Crippen LogP contribution in [0, 0.1) is 52.3 Å². The van der Waals surface area contributed by atoms with Crippen molar-refractivity contribution in [2.24, 2.45) is 52.3 Å². The van der Waals surface area contributed by atoms with E-state index in [4.69, 9.17) is 4.74 Å². The molecule has 7 rings (SSSR count). The molecule has 2 aromatic carbocycles. The predicted molar refractivity (Wildman–Crippen MR) is 244 cm³/mol. The molecule has 322 valence electrons. The first kappa shape index (κ1) is 47.8. The van der Waals surface area contributed by atoms with Crippen LogP contribution < -0.4 is 4.90 Å². The lowest BCUT2D eigenvalue weighted by Crippen LogP contribution is -2.50. The van der Waals surface area contributed by atoms with Gasteiger partial charge in [0.2, 0.25) is 0 Å². The smallest absolute Gasteiger partial charge is 0.0639 e. The Hall–Kier alpha value is -1.89. The largest absolute Gasteiger partial charge is 0.412 e. The van der Waals surface area contributed by atoms with E-state index in [1.165, 1.54) is 95.0 Å². The molecule has 3 N–H and O–H groups in total. The molecular formula is C51H83ClN2O3. The van der Waals surface area contributed by atoms with Crippen LogP contribution in [0.3, 0.4) is 0 Å². The zero-order valence-corrected chi connectivity index (χ0v) is 38.0. The summed E-state index contributed by atoms with van der Waals surface area (Å²) in [4.78, 5) is 5.14. The number of aliphatic hydroxyl groups excluding tert-OH is 1. The Morgan fingerprint density at radius 1 is 0.807 bits per heavy atom. The number of halogens is 1. The van der Waals surface area contributed by atoms with Crippen molar-refractivity contribution in [3.8, 4) is 0 Å². The molecule has 6 heteroatoms. The van der Waals surface area contributed by atoms with Gasteiger partial charge in [-0.1, -0.05) is 128 Å². The fourth-order valence-electron chi connectivity index (χ4n) is 12.4. The lowest BCUT2D eigenvalue weighted by atomic mass is 9.47. The van der Waals surface area contributed by atoms with E-state index in [0.717, 1.165) is 74.7 Å². The molecule has 1 unspecified atom stereocenters. The zero-order valence-electron chi connectivity index (χ0n) is 37.1. The Labute approximate surface area is 355 Å². The summed E-state index contributed by atoms with van der Waals surface area (Å²) in [5.41, 5.74) is 5.24. The van der Waals surface area contributed by atoms with E-state index in [0.29, 0.717) is 22.8 Å². The molecule has 0 spiro atoms. The highest BCUT2D eigenvalue weighted by Gasteiger charge is 2.59. The molecule has 57 heavy (non-hydrogen) atoms. The van der Waals surface area contributed by atoms with E-state index in [1.807, 2.05) is 0 Å². The summed E-state index contributed by atoms with van der Waals surface area (Å²) in [5.74, 6) is 6.04. The molecular weight excluding hydrogens is 724 g/mol. The monoisotopic (exact) mass is 807 g/mol. The van der Waals surface area contributed by atoms with Crippen LogP contribution in [-0.2, 0) is 11.3 Å². The van der Waals surface area contributed by atoms with E-state index < -0.39 is 0 Å². The second kappa shape index (κ2) is 22.1. The van der Waals surface area contributed by atoms with E-state index >= 15 is 0 Å². The Balaban J connectivity index is 0.000000244. The third-order valence-corrected chi connectivity index (χ3v) is 15.5. The van der Waals surface area contributed by atoms with E-state index in [-0.39, 0.29) is 24.0 Å². The van der Waals surface area contributed by atoms with Gasteiger partial charge in [0.05, 0.1) is 18.8 Å². The van der Waals surface area contributed by atoms with Crippen molar-refractivity contribution in [1.29, 1.82) is 0 Å². The first-order valence-electron chi connectivity index (χ1n) is 23.0. The van der Waals surface area contributed by atoms with Gasteiger partial charge in [0.25, 0.3) is 0 Å². The number of fused-ring (bicyclic) bond motifs is 5. The molecule has 0 aromatic heterocycles. The summed E-state index contributed by atoms with van der Waals surface area (Å²) in [6, 6.07) is 22.0. The normalized spacial score (nSPS) is 30.4. The molecule has 4 aliphatic carbocycles. The third kappa shape index (κ3) is 11.9. The number of hydrogen-bond donors (Lipinski definition) is 1. The third-order valence-electron chi connectivity index (χ3n) is 15.5. The summed E-state index contributed by atoms with van der Waals surface area (Å²) in [5, 5.41) is 10.2. The summed E-state index contributed by atoms with van der Waals surface area (Å²) >= 11 is 0. The highest BCUT2D eigenvalue weighted by Crippen LogP contribution is 2.67. The Morgan fingerprint density at radius 2 is 1.49 bits per heavy atom. The molecule has 0 radical (unpaired) electrons. The number of ether oxygens (including phenoxy) is 1. The number of nitrogens with zero attached hydrogens (tertiary/aromatic N) is 2. The van der Waals surface area contributed by atoms with Gasteiger partial charge in [-0.25, -0.2) is 0 Å². The maximum atomic E-state index is 10.2. The molecule has 0 amide bonds. The van der Waals surface area contributed by atoms with Crippen LogP contribution in [0.15, 0.2) is 72.3 Å². The molecule has 1 saturated heterocycles. The van der Waals surface area contributed by atoms with Gasteiger partial charge in [-0.05, 0) is 147 Å². The lowest BCUT2D eigenvalue weighted by Gasteiger charge is -2.58. The van der Waals surface area contributed by atoms with Crippen LogP contribution in [0.25, 0.3) is 0 Å². The number of anilines is 1. The second-order valence-corrected chi connectivity index (χ2v) is 20.2. The Morgan fingerprint density at radius 3 is 2.16 bits per heavy atom. The Kier molecular flexibility index (Phi) is 18.5. The maximum absolute atomic E-state index is 10.2. The van der Waals surface area contributed by atoms with Crippen molar-refractivity contribution in [2.75, 3.05) is 37.7 Å². The summed E-state index contributed by atoms with van der Waals surface area (Å²) in [7, 11) is 0. The van der Waals surface area contributed by atoms with Gasteiger partial charge in [-0.15, -0.1) is 12.4 Å². The quantitative estimate of drug-likeness (QED) is 0.182. The molecule has 1 heterocycles. The van der Waals surface area contributed by atoms with Gasteiger partial charge in [-0.3, -0.25) is 4.90 Å². The maximum Gasteiger partial charge on any atom is 0.0639 e. The average Bonchev–Trinajstić information content (AvgIpc) is 3.84. The molecule has 3 saturated carbocycles. The van der Waals surface area contributed by atoms with Crippen molar-refractivity contribution >= 4 is 18.1 Å². The summed E-state index contributed by atoms with van der Waals surface area (Å²) in [6.45, 7) is 23.0. The van der Waals surface area contributed by atoms with Crippen LogP contribution in [0.4, 0.5) is 5.69 Å². The van der Waals surface area contributed by atoms with Gasteiger partial charge >= 0.3 is 0 Å². The average molecular weight is 808 g/mol. The lowest BCUT2D eigenvalue weighted by molar-refractivity contribution is -0.0573. The zero-order chi connectivity index (χ0) is 39.0. The van der Waals surface area contributed by atoms with Gasteiger partial charge in [0, 0.05) is 25.4 Å². The predicted octanol–water partition coefficient (Wildman–Crippen LogP) is 11.8. The van der Waals surface area contributed by atoms with Gasteiger partial charge in [0.1, 0.15) is 0 Å². The van der Waals surface area contributed by atoms with Gasteiger partial charge in [0.15, 0.2) is 0 Å². The molecule has 9 atom stereocenters. The minimum atomic E-state index is -0.0766. The van der Waals surface area contributed by atoms with Gasteiger partial charge in [-0.2, -0.15) is 0 Å². The highest BCUT2D eigenvalue weighted by molar-refractivity contribution is 5.85. The first-order chi connectivity index (χ1) is 26.5. The fraction of sp³-hybridized carbons (Fsp3) is 0.725. The molecule has 5 nitrogen and oxygen atoms in total. The standard InChI is InChI=1S/C27H46O.C24H34N2O.ClH.H2O/c1-18(2)7-6-8-19(3)23-11-12-24-22-10-9-20-17-21(28)13-15-26(20,4)25(22)14-16-27(23,24)5;1-21(2)19-27-20-24(25-15-9-10-16-25)18-26(23-13-7-4-8-14-23)17-22-11-5-3-6-12-22;;/h9,18-19,21-25,28H,6-8,10-17H2,1-5H3;3-8,11-14,21,24H,9-10,15-20H2,1-2H3;1H;1H2/t19-,21+,22+,23-,24+,25+,26+,27-;;;/m1.../s1. The fourth-order valence-corrected chi connectivity index (χ4v) is 12.4. The summed E-state index contributed by atoms with van der Waals surface area (Å²) < 4.78 is 6.09. The number of benzene rings is 2. The van der Waals surface area contributed by atoms with Crippen molar-refractivity contribution in [2.45, 2.75) is 151 Å². The molecule has 5 aliphatic rings. The van der Waals surface area contributed by atoms with E-state index in [9.17, 15) is 5.11 Å². The topological polar surface area (TPSA) is 67.4 Å². The van der Waals surface area contributed by atoms with Crippen LogP contribution in [0.1, 0.15) is 138 Å². The molecule has 4 fully saturated rings. The number of aliphatic hydroxyl groups is 1. The second-order valence-electron chi connectivity index (χ2n) is 20.2. The van der Waals surface area contributed by atoms with Crippen molar-refractivity contribution < 1.29 is 15.3 Å². The SMILES string of the molecule is CC(C)CCC[C@@H](C)[C@H]1CC[C@H]2[C@@H]3CC=C4C[C@@H](O)CC[C@]4(C)[C@H]3CC[C@]12C.CC(C)COCC(CN(Cc1ccccc1)c1ccccc1)N1CCCC1.Cl.O. The number of para-hydroxylation sites is 1. The van der Waals surface area contributed by atoms with E-state index in [1.54, 1.807) is 5.57 Å². The molecule has 0 bridgehead atoms. The number of likely N-dealkylation sites (tertiary alicyclic amines) is 1. The van der Waals surface area contributed by atoms with E-state index in [2.05, 4.69) is 125 Å². The number of rotatable bonds is 15. The van der Waals surface area contributed by atoms with Crippen molar-refractivity contribution in [3.05, 3.63) is 77.9 Å². The molecule has 1 aliphatic heterocycles. The Bertz CT molecular complexity index is 1460. The van der Waals surface area contributed by atoms with Crippen LogP contribution in [0.2, 0.25) is 0 Å². The number of hydrogen-bond acceptors (Lipinski definition) is 4. The van der Waals surface area contributed by atoms with Crippen LogP contribution >= 0.6 is 12.4 Å².